The molecule has 2 nitrogen and oxygen atoms in total. The molecule has 1 heterocycles. The monoisotopic (exact) mass is 511 g/mol. The summed E-state index contributed by atoms with van der Waals surface area (Å²) >= 11 is 0. The van der Waals surface area contributed by atoms with Crippen LogP contribution < -0.4 is 0 Å². The Hall–Kier alpha value is -2.56. The molecule has 4 rings (SSSR count). The summed E-state index contributed by atoms with van der Waals surface area (Å²) < 4.78 is 39.6. The third-order valence-corrected chi connectivity index (χ3v) is 8.97. The quantitative estimate of drug-likeness (QED) is 0.401. The minimum Gasteiger partial charge on any atom is -0.326 e. The van der Waals surface area contributed by atoms with Gasteiger partial charge in [-0.3, -0.25) is 4.79 Å². The number of hydrogen-bond acceptors (Lipinski definition) is 1. The van der Waals surface area contributed by atoms with Crippen molar-refractivity contribution >= 4 is 11.5 Å². The van der Waals surface area contributed by atoms with E-state index < -0.39 is 11.7 Å². The van der Waals surface area contributed by atoms with Crippen molar-refractivity contribution in [1.29, 1.82) is 0 Å². The summed E-state index contributed by atoms with van der Waals surface area (Å²) in [7, 11) is 0. The van der Waals surface area contributed by atoms with Crippen LogP contribution in [0, 0.1) is 24.2 Å². The van der Waals surface area contributed by atoms with E-state index in [1.807, 2.05) is 6.92 Å². The Balaban J connectivity index is 1.80. The number of benzene rings is 2. The molecule has 0 radical (unpaired) electrons. The molecule has 0 aromatic heterocycles. The van der Waals surface area contributed by atoms with Gasteiger partial charge < -0.3 is 4.90 Å². The van der Waals surface area contributed by atoms with Gasteiger partial charge in [-0.25, -0.2) is 0 Å². The molecule has 2 aromatic carbocycles. The third kappa shape index (κ3) is 5.24. The van der Waals surface area contributed by atoms with E-state index in [1.165, 1.54) is 12.1 Å². The molecule has 0 bridgehead atoms. The molecule has 0 N–H and O–H groups in total. The van der Waals surface area contributed by atoms with Crippen LogP contribution in [0.15, 0.2) is 54.6 Å². The van der Waals surface area contributed by atoms with Crippen LogP contribution in [0.25, 0.3) is 5.57 Å². The molecule has 2 atom stereocenters. The summed E-state index contributed by atoms with van der Waals surface area (Å²) in [5, 5.41) is 0. The van der Waals surface area contributed by atoms with Crippen LogP contribution in [0.2, 0.25) is 0 Å². The molecule has 2 aliphatic rings. The summed E-state index contributed by atoms with van der Waals surface area (Å²) in [5.74, 6) is 0.658. The topological polar surface area (TPSA) is 20.3 Å². The van der Waals surface area contributed by atoms with Crippen molar-refractivity contribution in [3.05, 3.63) is 76.9 Å². The van der Waals surface area contributed by atoms with Gasteiger partial charge in [0, 0.05) is 11.5 Å². The van der Waals surface area contributed by atoms with Crippen LogP contribution in [0.3, 0.4) is 0 Å². The van der Waals surface area contributed by atoms with Gasteiger partial charge in [0.05, 0.1) is 17.1 Å². The number of carbonyl (C=O) groups excluding carboxylic acids is 1. The maximum absolute atomic E-state index is 14.3. The highest BCUT2D eigenvalue weighted by Gasteiger charge is 2.52. The van der Waals surface area contributed by atoms with Crippen LogP contribution in [0.4, 0.5) is 13.2 Å². The number of aryl methyl sites for hydroxylation is 1. The predicted octanol–water partition coefficient (Wildman–Crippen LogP) is 9.00. The number of halogens is 3. The summed E-state index contributed by atoms with van der Waals surface area (Å²) in [6.07, 6.45) is 2.53. The van der Waals surface area contributed by atoms with Crippen molar-refractivity contribution in [3.63, 3.8) is 0 Å². The first-order valence-corrected chi connectivity index (χ1v) is 13.6. The summed E-state index contributed by atoms with van der Waals surface area (Å²) in [5.41, 5.74) is 2.54. The predicted molar refractivity (Wildman–Crippen MR) is 144 cm³/mol. The van der Waals surface area contributed by atoms with Crippen LogP contribution in [-0.2, 0) is 11.0 Å². The lowest BCUT2D eigenvalue weighted by Gasteiger charge is -2.57. The van der Waals surface area contributed by atoms with Gasteiger partial charge in [0.15, 0.2) is 0 Å². The second kappa shape index (κ2) is 9.96. The van der Waals surface area contributed by atoms with Crippen LogP contribution in [0.5, 0.6) is 0 Å². The average Bonchev–Trinajstić information content (AvgIpc) is 2.84. The Bertz CT molecular complexity index is 1130. The first kappa shape index (κ1) is 27.5. The van der Waals surface area contributed by atoms with Crippen molar-refractivity contribution in [1.82, 2.24) is 4.90 Å². The maximum Gasteiger partial charge on any atom is 0.416 e. The molecule has 1 saturated carbocycles. The molecular weight excluding hydrogens is 471 g/mol. The van der Waals surface area contributed by atoms with Gasteiger partial charge in [-0.1, -0.05) is 75.7 Å². The van der Waals surface area contributed by atoms with E-state index in [4.69, 9.17) is 0 Å². The van der Waals surface area contributed by atoms with Crippen molar-refractivity contribution in [3.8, 4) is 0 Å². The molecule has 1 amide bonds. The first-order chi connectivity index (χ1) is 17.3. The van der Waals surface area contributed by atoms with Crippen molar-refractivity contribution in [2.45, 2.75) is 91.4 Å². The highest BCUT2D eigenvalue weighted by atomic mass is 19.4. The summed E-state index contributed by atoms with van der Waals surface area (Å²) in [6.45, 7) is 13.2. The van der Waals surface area contributed by atoms with Crippen LogP contribution in [0.1, 0.15) is 95.0 Å². The first-order valence-electron chi connectivity index (χ1n) is 13.6. The minimum atomic E-state index is -4.41. The SMILES string of the molecule is CCC1C=C(c2ccc(C(F)(F)F)cc2)C(=O)N(C(C)c2ccc(C)cc2)C12CCC(C(C)(C)C)CC2. The Morgan fingerprint density at radius 1 is 0.973 bits per heavy atom. The lowest BCUT2D eigenvalue weighted by atomic mass is 9.61. The van der Waals surface area contributed by atoms with Gasteiger partial charge in [0.1, 0.15) is 0 Å². The standard InChI is InChI=1S/C32H40F3NO/c1-7-25-20-28(24-12-14-27(15-13-24)32(33,34)35)29(37)36(22(3)23-10-8-21(2)9-11-23)31(25)18-16-26(17-19-31)30(4,5)6/h8-15,20,22,25-26H,7,16-19H2,1-6H3. The van der Waals surface area contributed by atoms with Gasteiger partial charge in [-0.05, 0) is 80.5 Å². The summed E-state index contributed by atoms with van der Waals surface area (Å²) in [6, 6.07) is 13.3. The smallest absolute Gasteiger partial charge is 0.326 e. The maximum atomic E-state index is 14.3. The van der Waals surface area contributed by atoms with Crippen molar-refractivity contribution in [2.24, 2.45) is 17.3 Å². The number of amides is 1. The highest BCUT2D eigenvalue weighted by molar-refractivity contribution is 6.20. The number of hydrogen-bond donors (Lipinski definition) is 0. The molecule has 2 aromatic rings. The second-order valence-electron chi connectivity index (χ2n) is 12.2. The molecule has 5 heteroatoms. The number of nitrogens with zero attached hydrogens (tertiary/aromatic N) is 1. The fraction of sp³-hybridized carbons (Fsp3) is 0.531. The minimum absolute atomic E-state index is 0.0771. The lowest BCUT2D eigenvalue weighted by Crippen LogP contribution is -2.61. The lowest BCUT2D eigenvalue weighted by molar-refractivity contribution is -0.142. The van der Waals surface area contributed by atoms with Crippen molar-refractivity contribution < 1.29 is 18.0 Å². The molecule has 2 unspecified atom stereocenters. The van der Waals surface area contributed by atoms with E-state index in [1.54, 1.807) is 0 Å². The van der Waals surface area contributed by atoms with E-state index >= 15 is 0 Å². The molecule has 1 spiro atoms. The Morgan fingerprint density at radius 2 is 1.54 bits per heavy atom. The number of rotatable bonds is 4. The Morgan fingerprint density at radius 3 is 2.03 bits per heavy atom. The zero-order valence-electron chi connectivity index (χ0n) is 23.0. The van der Waals surface area contributed by atoms with E-state index in [9.17, 15) is 18.0 Å². The molecule has 1 aliphatic heterocycles. The normalized spacial score (nSPS) is 25.8. The molecule has 0 saturated heterocycles. The Kier molecular flexibility index (Phi) is 7.40. The van der Waals surface area contributed by atoms with E-state index in [2.05, 4.69) is 69.9 Å². The van der Waals surface area contributed by atoms with Crippen molar-refractivity contribution in [2.75, 3.05) is 0 Å². The van der Waals surface area contributed by atoms with Crippen LogP contribution >= 0.6 is 0 Å². The molecule has 1 fully saturated rings. The molecular formula is C32H40F3NO. The van der Waals surface area contributed by atoms with Gasteiger partial charge in [-0.2, -0.15) is 13.2 Å². The van der Waals surface area contributed by atoms with Gasteiger partial charge >= 0.3 is 6.18 Å². The van der Waals surface area contributed by atoms with Gasteiger partial charge in [0.25, 0.3) is 5.91 Å². The molecule has 37 heavy (non-hydrogen) atoms. The van der Waals surface area contributed by atoms with E-state index in [0.29, 0.717) is 17.1 Å². The zero-order chi connectivity index (χ0) is 27.2. The second-order valence-corrected chi connectivity index (χ2v) is 12.2. The summed E-state index contributed by atoms with van der Waals surface area (Å²) in [4.78, 5) is 16.4. The van der Waals surface area contributed by atoms with Gasteiger partial charge in [-0.15, -0.1) is 0 Å². The molecule has 200 valence electrons. The average molecular weight is 512 g/mol. The Labute approximate surface area is 220 Å². The van der Waals surface area contributed by atoms with Gasteiger partial charge in [0.2, 0.25) is 0 Å². The highest BCUT2D eigenvalue weighted by Crippen LogP contribution is 2.53. The fourth-order valence-electron chi connectivity index (χ4n) is 6.65. The largest absolute Gasteiger partial charge is 0.416 e. The molecule has 1 aliphatic carbocycles. The number of alkyl halides is 3. The fourth-order valence-corrected chi connectivity index (χ4v) is 6.65. The zero-order valence-corrected chi connectivity index (χ0v) is 23.0. The van der Waals surface area contributed by atoms with Crippen LogP contribution in [-0.4, -0.2) is 16.3 Å². The number of carbonyl (C=O) groups is 1. The van der Waals surface area contributed by atoms with E-state index in [0.717, 1.165) is 55.4 Å². The third-order valence-electron chi connectivity index (χ3n) is 8.97. The van der Waals surface area contributed by atoms with E-state index in [-0.39, 0.29) is 28.8 Å².